The summed E-state index contributed by atoms with van der Waals surface area (Å²) in [4.78, 5) is 54.1. The van der Waals surface area contributed by atoms with Gasteiger partial charge in [0.15, 0.2) is 5.78 Å². The van der Waals surface area contributed by atoms with Gasteiger partial charge in [-0.1, -0.05) is 57.0 Å². The normalized spacial score (nSPS) is 30.8. The van der Waals surface area contributed by atoms with Gasteiger partial charge in [0, 0.05) is 13.0 Å². The standard InChI is InChI=1S/C30H46N4O6/c1-5-30(4)29(40)32-23(17-21-12-8-6-9-13-21)28(39)34-18-19(2)16-24(34)27(38)31-22(26(37)33-30)14-10-7-11-15-25(36)20(3)35/h6,8-9,12-13,19-20,22-24,28,35,39H,5,7,10-11,14-18H2,1-4H3,(H,31,38)(H,32,40)(H,33,37)/t19-,20+,22-,23-,24+,28?,30?/m0/s1. The molecule has 3 amide bonds. The van der Waals surface area contributed by atoms with E-state index in [4.69, 9.17) is 0 Å². The third-order valence-corrected chi connectivity index (χ3v) is 8.29. The Morgan fingerprint density at radius 3 is 2.45 bits per heavy atom. The minimum Gasteiger partial charge on any atom is -0.386 e. The number of ketones is 1. The molecule has 222 valence electrons. The van der Waals surface area contributed by atoms with Crippen LogP contribution in [0.1, 0.15) is 78.2 Å². The first kappa shape index (κ1) is 31.7. The van der Waals surface area contributed by atoms with E-state index in [-0.39, 0.29) is 24.0 Å². The Hall–Kier alpha value is -2.82. The minimum atomic E-state index is -1.25. The highest BCUT2D eigenvalue weighted by Crippen LogP contribution is 2.27. The number of nitrogens with zero attached hydrogens (tertiary/aromatic N) is 1. The summed E-state index contributed by atoms with van der Waals surface area (Å²) in [5.41, 5.74) is -0.320. The fourth-order valence-corrected chi connectivity index (χ4v) is 5.52. The average Bonchev–Trinajstić information content (AvgIpc) is 3.32. The molecule has 7 atom stereocenters. The maximum Gasteiger partial charge on any atom is 0.245 e. The van der Waals surface area contributed by atoms with Crippen molar-refractivity contribution < 1.29 is 29.4 Å². The highest BCUT2D eigenvalue weighted by molar-refractivity contribution is 5.95. The number of nitrogens with one attached hydrogen (secondary N) is 3. The lowest BCUT2D eigenvalue weighted by atomic mass is 9.94. The molecule has 2 unspecified atom stereocenters. The van der Waals surface area contributed by atoms with Crippen LogP contribution in [0.5, 0.6) is 0 Å². The number of hydrogen-bond donors (Lipinski definition) is 5. The molecule has 2 fully saturated rings. The largest absolute Gasteiger partial charge is 0.386 e. The summed E-state index contributed by atoms with van der Waals surface area (Å²) in [5.74, 6) is -1.23. The summed E-state index contributed by atoms with van der Waals surface area (Å²) in [5, 5.41) is 29.8. The average molecular weight is 559 g/mol. The Morgan fingerprint density at radius 2 is 1.80 bits per heavy atom. The number of amides is 3. The van der Waals surface area contributed by atoms with Gasteiger partial charge in [-0.15, -0.1) is 0 Å². The first-order chi connectivity index (χ1) is 18.9. The van der Waals surface area contributed by atoms with Crippen LogP contribution in [0.4, 0.5) is 0 Å². The minimum absolute atomic E-state index is 0.142. The van der Waals surface area contributed by atoms with E-state index in [1.807, 2.05) is 37.3 Å². The molecule has 1 aromatic rings. The van der Waals surface area contributed by atoms with Crippen molar-refractivity contribution >= 4 is 23.5 Å². The van der Waals surface area contributed by atoms with Crippen molar-refractivity contribution in [3.05, 3.63) is 35.9 Å². The molecule has 2 aliphatic heterocycles. The van der Waals surface area contributed by atoms with Crippen molar-refractivity contribution in [2.75, 3.05) is 6.54 Å². The fraction of sp³-hybridized carbons (Fsp3) is 0.667. The number of carbonyl (C=O) groups is 4. The topological polar surface area (TPSA) is 148 Å². The van der Waals surface area contributed by atoms with Crippen molar-refractivity contribution in [1.82, 2.24) is 20.9 Å². The van der Waals surface area contributed by atoms with Gasteiger partial charge in [0.1, 0.15) is 23.9 Å². The molecule has 2 heterocycles. The van der Waals surface area contributed by atoms with Gasteiger partial charge < -0.3 is 26.2 Å². The fourth-order valence-electron chi connectivity index (χ4n) is 5.52. The van der Waals surface area contributed by atoms with Crippen LogP contribution in [0.25, 0.3) is 0 Å². The van der Waals surface area contributed by atoms with Crippen molar-refractivity contribution in [3.8, 4) is 0 Å². The highest BCUT2D eigenvalue weighted by Gasteiger charge is 2.45. The number of carbonyl (C=O) groups excluding carboxylic acids is 4. The van der Waals surface area contributed by atoms with Crippen LogP contribution in [0.3, 0.4) is 0 Å². The molecule has 0 aliphatic carbocycles. The molecule has 10 heteroatoms. The Morgan fingerprint density at radius 1 is 1.10 bits per heavy atom. The third-order valence-electron chi connectivity index (χ3n) is 8.29. The highest BCUT2D eigenvalue weighted by atomic mass is 16.3. The van der Waals surface area contributed by atoms with E-state index in [0.29, 0.717) is 51.5 Å². The molecule has 10 nitrogen and oxygen atoms in total. The van der Waals surface area contributed by atoms with Gasteiger partial charge >= 0.3 is 0 Å². The van der Waals surface area contributed by atoms with Crippen LogP contribution in [-0.2, 0) is 25.6 Å². The Bertz CT molecular complexity index is 1030. The van der Waals surface area contributed by atoms with Crippen LogP contribution in [0.2, 0.25) is 0 Å². The van der Waals surface area contributed by atoms with Gasteiger partial charge in [0.05, 0.1) is 12.1 Å². The Balaban J connectivity index is 1.84. The molecule has 3 rings (SSSR count). The third kappa shape index (κ3) is 8.11. The smallest absolute Gasteiger partial charge is 0.245 e. The molecule has 5 N–H and O–H groups in total. The molecule has 1 aromatic carbocycles. The zero-order chi connectivity index (χ0) is 29.4. The second-order valence-corrected chi connectivity index (χ2v) is 11.7. The molecule has 2 aliphatic rings. The van der Waals surface area contributed by atoms with Gasteiger partial charge in [-0.25, -0.2) is 0 Å². The lowest BCUT2D eigenvalue weighted by Gasteiger charge is -2.39. The zero-order valence-corrected chi connectivity index (χ0v) is 24.2. The second kappa shape index (κ2) is 14.2. The number of aliphatic hydroxyl groups is 2. The zero-order valence-electron chi connectivity index (χ0n) is 24.2. The van der Waals surface area contributed by atoms with Crippen LogP contribution >= 0.6 is 0 Å². The summed E-state index contributed by atoms with van der Waals surface area (Å²) in [6, 6.07) is 7.34. The molecule has 0 saturated carbocycles. The summed E-state index contributed by atoms with van der Waals surface area (Å²) in [7, 11) is 0. The lowest BCUT2D eigenvalue weighted by molar-refractivity contribution is -0.141. The maximum atomic E-state index is 13.6. The van der Waals surface area contributed by atoms with E-state index in [2.05, 4.69) is 16.0 Å². The van der Waals surface area contributed by atoms with E-state index in [9.17, 15) is 29.4 Å². The second-order valence-electron chi connectivity index (χ2n) is 11.7. The molecular weight excluding hydrogens is 512 g/mol. The molecule has 2 saturated heterocycles. The molecular formula is C30H46N4O6. The quantitative estimate of drug-likeness (QED) is 0.273. The summed E-state index contributed by atoms with van der Waals surface area (Å²) in [6.07, 6.45) is 1.49. The lowest BCUT2D eigenvalue weighted by Crippen LogP contribution is -2.66. The summed E-state index contributed by atoms with van der Waals surface area (Å²) < 4.78 is 0. The van der Waals surface area contributed by atoms with Gasteiger partial charge in [0.2, 0.25) is 17.7 Å². The monoisotopic (exact) mass is 558 g/mol. The predicted molar refractivity (Wildman–Crippen MR) is 151 cm³/mol. The predicted octanol–water partition coefficient (Wildman–Crippen LogP) is 1.43. The SMILES string of the molecule is CCC1(C)NC(=O)[C@H](CCCCCC(=O)[C@@H](C)O)NC(=O)[C@H]2C[C@H](C)CN2C(O)[C@H](Cc2ccccc2)NC1=O. The van der Waals surface area contributed by atoms with Crippen molar-refractivity contribution in [2.45, 2.75) is 115 Å². The maximum absolute atomic E-state index is 13.6. The molecule has 40 heavy (non-hydrogen) atoms. The number of rotatable bonds is 10. The first-order valence-corrected chi connectivity index (χ1v) is 14.6. The van der Waals surface area contributed by atoms with Crippen LogP contribution in [-0.4, -0.2) is 81.2 Å². The number of unbranched alkanes of at least 4 members (excludes halogenated alkanes) is 2. The summed E-state index contributed by atoms with van der Waals surface area (Å²) in [6.45, 7) is 7.41. The van der Waals surface area contributed by atoms with Gasteiger partial charge in [-0.3, -0.25) is 24.1 Å². The van der Waals surface area contributed by atoms with Crippen molar-refractivity contribution in [1.29, 1.82) is 0 Å². The molecule has 0 aromatic heterocycles. The van der Waals surface area contributed by atoms with E-state index >= 15 is 0 Å². The number of aliphatic hydroxyl groups excluding tert-OH is 2. The number of benzene rings is 1. The number of fused-ring (bicyclic) bond motifs is 1. The molecule has 0 bridgehead atoms. The Labute approximate surface area is 237 Å². The molecule has 0 radical (unpaired) electrons. The van der Waals surface area contributed by atoms with E-state index in [1.54, 1.807) is 18.7 Å². The molecule has 0 spiro atoms. The van der Waals surface area contributed by atoms with Crippen molar-refractivity contribution in [3.63, 3.8) is 0 Å². The van der Waals surface area contributed by atoms with Gasteiger partial charge in [0.25, 0.3) is 0 Å². The van der Waals surface area contributed by atoms with Gasteiger partial charge in [-0.05, 0) is 57.4 Å². The van der Waals surface area contributed by atoms with Gasteiger partial charge in [-0.2, -0.15) is 0 Å². The summed E-state index contributed by atoms with van der Waals surface area (Å²) >= 11 is 0. The van der Waals surface area contributed by atoms with Crippen LogP contribution < -0.4 is 16.0 Å². The van der Waals surface area contributed by atoms with Crippen molar-refractivity contribution in [2.24, 2.45) is 5.92 Å². The number of hydrogen-bond acceptors (Lipinski definition) is 7. The number of Topliss-reactive ketones (excluding diaryl/α,β-unsaturated/α-hetero) is 1. The van der Waals surface area contributed by atoms with E-state index in [0.717, 1.165) is 5.56 Å². The van der Waals surface area contributed by atoms with E-state index < -0.39 is 47.8 Å². The first-order valence-electron chi connectivity index (χ1n) is 14.6. The van der Waals surface area contributed by atoms with E-state index in [1.165, 1.54) is 6.92 Å². The van der Waals surface area contributed by atoms with Crippen LogP contribution in [0, 0.1) is 5.92 Å². The Kier molecular flexibility index (Phi) is 11.2. The van der Waals surface area contributed by atoms with Crippen LogP contribution in [0.15, 0.2) is 30.3 Å².